The molecule has 0 radical (unpaired) electrons. The van der Waals surface area contributed by atoms with Crippen molar-refractivity contribution in [1.82, 2.24) is 9.80 Å². The molecular weight excluding hydrogens is 352 g/mol. The summed E-state index contributed by atoms with van der Waals surface area (Å²) >= 11 is 0. The number of hydrogen-bond acceptors (Lipinski definition) is 4. The van der Waals surface area contributed by atoms with Crippen molar-refractivity contribution < 1.29 is 9.59 Å². The molecule has 1 rings (SSSR count). The zero-order chi connectivity index (χ0) is 21.3. The summed E-state index contributed by atoms with van der Waals surface area (Å²) in [5, 5.41) is 2.93. The zero-order valence-electron chi connectivity index (χ0n) is 18.7. The molecule has 0 aliphatic heterocycles. The molecule has 0 saturated carbocycles. The Balaban J connectivity index is 3.20. The maximum atomic E-state index is 13.1. The van der Waals surface area contributed by atoms with Gasteiger partial charge in [0, 0.05) is 57.4 Å². The monoisotopic (exact) mass is 390 g/mol. The van der Waals surface area contributed by atoms with Crippen molar-refractivity contribution >= 4 is 23.2 Å². The summed E-state index contributed by atoms with van der Waals surface area (Å²) in [6.07, 6.45) is 2.13. The predicted octanol–water partition coefficient (Wildman–Crippen LogP) is 3.43. The molecule has 0 heterocycles. The van der Waals surface area contributed by atoms with E-state index in [0.717, 1.165) is 36.3 Å². The third-order valence-electron chi connectivity index (χ3n) is 4.99. The molecule has 0 spiro atoms. The highest BCUT2D eigenvalue weighted by Crippen LogP contribution is 2.26. The number of carbonyl (C=O) groups excluding carboxylic acids is 2. The first-order valence-corrected chi connectivity index (χ1v) is 10.3. The van der Waals surface area contributed by atoms with Gasteiger partial charge in [-0.2, -0.15) is 0 Å². The highest BCUT2D eigenvalue weighted by molar-refractivity contribution is 5.91. The molecule has 0 saturated heterocycles. The van der Waals surface area contributed by atoms with E-state index >= 15 is 0 Å². The second-order valence-electron chi connectivity index (χ2n) is 7.72. The molecule has 0 atom stereocenters. The lowest BCUT2D eigenvalue weighted by molar-refractivity contribution is -0.136. The Morgan fingerprint density at radius 1 is 1.00 bits per heavy atom. The van der Waals surface area contributed by atoms with Gasteiger partial charge in [-0.05, 0) is 50.7 Å². The minimum absolute atomic E-state index is 0.0128. The van der Waals surface area contributed by atoms with Gasteiger partial charge in [-0.25, -0.2) is 0 Å². The molecular formula is C22H38N4O2. The Morgan fingerprint density at radius 2 is 1.64 bits per heavy atom. The molecule has 158 valence electrons. The van der Waals surface area contributed by atoms with E-state index in [-0.39, 0.29) is 17.7 Å². The average Bonchev–Trinajstić information content (AvgIpc) is 2.65. The van der Waals surface area contributed by atoms with Crippen LogP contribution in [0.2, 0.25) is 0 Å². The van der Waals surface area contributed by atoms with Gasteiger partial charge in [0.25, 0.3) is 0 Å². The smallest absolute Gasteiger partial charge is 0.226 e. The average molecular weight is 391 g/mol. The SMILES string of the molecule is CCC(=O)Nc1ccc(N(C)C)c(CN(CCN(C)C)C(=O)C(CC)CC)c1. The van der Waals surface area contributed by atoms with Crippen LogP contribution in [0.5, 0.6) is 0 Å². The van der Waals surface area contributed by atoms with Crippen LogP contribution in [0, 0.1) is 5.92 Å². The molecule has 0 fully saturated rings. The van der Waals surface area contributed by atoms with Crippen molar-refractivity contribution in [2.75, 3.05) is 51.5 Å². The molecule has 1 aromatic carbocycles. The first kappa shape index (κ1) is 24.0. The quantitative estimate of drug-likeness (QED) is 0.629. The summed E-state index contributed by atoms with van der Waals surface area (Å²) in [4.78, 5) is 31.0. The maximum Gasteiger partial charge on any atom is 0.226 e. The molecule has 28 heavy (non-hydrogen) atoms. The van der Waals surface area contributed by atoms with E-state index in [0.29, 0.717) is 19.5 Å². The first-order chi connectivity index (χ1) is 13.2. The minimum atomic E-state index is -0.0128. The van der Waals surface area contributed by atoms with Crippen LogP contribution in [0.4, 0.5) is 11.4 Å². The van der Waals surface area contributed by atoms with Gasteiger partial charge in [0.05, 0.1) is 0 Å². The van der Waals surface area contributed by atoms with Crippen LogP contribution in [0.3, 0.4) is 0 Å². The van der Waals surface area contributed by atoms with Crippen LogP contribution in [-0.2, 0) is 16.1 Å². The van der Waals surface area contributed by atoms with E-state index in [1.807, 2.05) is 63.1 Å². The standard InChI is InChI=1S/C22H38N4O2/c1-8-17(9-2)22(28)26(14-13-24(4)5)16-18-15-19(23-21(27)10-3)11-12-20(18)25(6)7/h11-12,15,17H,8-10,13-14,16H2,1-7H3,(H,23,27). The van der Waals surface area contributed by atoms with Gasteiger partial charge < -0.3 is 20.0 Å². The Labute approximate surface area is 170 Å². The van der Waals surface area contributed by atoms with E-state index in [2.05, 4.69) is 24.1 Å². The number of nitrogens with one attached hydrogen (secondary N) is 1. The summed E-state index contributed by atoms with van der Waals surface area (Å²) in [6, 6.07) is 5.91. The van der Waals surface area contributed by atoms with Gasteiger partial charge in [0.1, 0.15) is 0 Å². The van der Waals surface area contributed by atoms with Crippen LogP contribution in [0.15, 0.2) is 18.2 Å². The Morgan fingerprint density at radius 3 is 2.14 bits per heavy atom. The van der Waals surface area contributed by atoms with E-state index in [9.17, 15) is 9.59 Å². The number of hydrogen-bond donors (Lipinski definition) is 1. The highest BCUT2D eigenvalue weighted by Gasteiger charge is 2.23. The van der Waals surface area contributed by atoms with Gasteiger partial charge >= 0.3 is 0 Å². The summed E-state index contributed by atoms with van der Waals surface area (Å²) < 4.78 is 0. The van der Waals surface area contributed by atoms with E-state index in [4.69, 9.17) is 0 Å². The van der Waals surface area contributed by atoms with Crippen molar-refractivity contribution in [3.05, 3.63) is 23.8 Å². The van der Waals surface area contributed by atoms with Crippen molar-refractivity contribution in [3.8, 4) is 0 Å². The van der Waals surface area contributed by atoms with Crippen LogP contribution in [0.25, 0.3) is 0 Å². The van der Waals surface area contributed by atoms with Crippen LogP contribution in [0.1, 0.15) is 45.6 Å². The molecule has 0 unspecified atom stereocenters. The summed E-state index contributed by atoms with van der Waals surface area (Å²) in [6.45, 7) is 8.01. The van der Waals surface area contributed by atoms with Crippen LogP contribution in [-0.4, -0.2) is 62.9 Å². The number of anilines is 2. The molecule has 0 aliphatic carbocycles. The lowest BCUT2D eigenvalue weighted by atomic mass is 10.0. The molecule has 2 amide bonds. The van der Waals surface area contributed by atoms with Gasteiger partial charge in [0.15, 0.2) is 0 Å². The zero-order valence-corrected chi connectivity index (χ0v) is 18.7. The summed E-state index contributed by atoms with van der Waals surface area (Å²) in [5.74, 6) is 0.244. The topological polar surface area (TPSA) is 55.9 Å². The molecule has 1 N–H and O–H groups in total. The highest BCUT2D eigenvalue weighted by atomic mass is 16.2. The second kappa shape index (κ2) is 11.7. The predicted molar refractivity (Wildman–Crippen MR) is 118 cm³/mol. The third kappa shape index (κ3) is 7.15. The number of amides is 2. The lowest BCUT2D eigenvalue weighted by Gasteiger charge is -2.30. The van der Waals surface area contributed by atoms with E-state index in [1.54, 1.807) is 0 Å². The Hall–Kier alpha value is -2.08. The molecule has 6 nitrogen and oxygen atoms in total. The number of rotatable bonds is 11. The van der Waals surface area contributed by atoms with E-state index in [1.165, 1.54) is 0 Å². The number of carbonyl (C=O) groups is 2. The molecule has 0 aliphatic rings. The van der Waals surface area contributed by atoms with Crippen molar-refractivity contribution in [2.24, 2.45) is 5.92 Å². The normalized spacial score (nSPS) is 11.0. The van der Waals surface area contributed by atoms with Crippen LogP contribution < -0.4 is 10.2 Å². The number of nitrogens with zero attached hydrogens (tertiary/aromatic N) is 3. The molecule has 0 bridgehead atoms. The molecule has 0 aromatic heterocycles. The van der Waals surface area contributed by atoms with Crippen molar-refractivity contribution in [3.63, 3.8) is 0 Å². The van der Waals surface area contributed by atoms with Crippen molar-refractivity contribution in [2.45, 2.75) is 46.6 Å². The van der Waals surface area contributed by atoms with Gasteiger partial charge in [-0.15, -0.1) is 0 Å². The largest absolute Gasteiger partial charge is 0.377 e. The number of likely N-dealkylation sites (N-methyl/N-ethyl adjacent to an activating group) is 1. The lowest BCUT2D eigenvalue weighted by Crippen LogP contribution is -2.39. The van der Waals surface area contributed by atoms with Gasteiger partial charge in [0.2, 0.25) is 11.8 Å². The second-order valence-corrected chi connectivity index (χ2v) is 7.72. The van der Waals surface area contributed by atoms with Crippen molar-refractivity contribution in [1.29, 1.82) is 0 Å². The first-order valence-electron chi connectivity index (χ1n) is 10.3. The molecule has 6 heteroatoms. The fourth-order valence-corrected chi connectivity index (χ4v) is 3.17. The fourth-order valence-electron chi connectivity index (χ4n) is 3.17. The van der Waals surface area contributed by atoms with Gasteiger partial charge in [-0.3, -0.25) is 9.59 Å². The summed E-state index contributed by atoms with van der Waals surface area (Å²) in [5.41, 5.74) is 2.87. The summed E-state index contributed by atoms with van der Waals surface area (Å²) in [7, 11) is 8.03. The van der Waals surface area contributed by atoms with E-state index < -0.39 is 0 Å². The Bertz CT molecular complexity index is 639. The fraction of sp³-hybridized carbons (Fsp3) is 0.636. The maximum absolute atomic E-state index is 13.1. The van der Waals surface area contributed by atoms with Crippen LogP contribution >= 0.6 is 0 Å². The minimum Gasteiger partial charge on any atom is -0.377 e. The molecule has 1 aromatic rings. The number of benzene rings is 1. The third-order valence-corrected chi connectivity index (χ3v) is 4.99. The Kier molecular flexibility index (Phi) is 10.0. The van der Waals surface area contributed by atoms with Gasteiger partial charge in [-0.1, -0.05) is 20.8 Å².